The average molecular weight is 257 g/mol. The first kappa shape index (κ1) is 12.6. The Labute approximate surface area is 109 Å². The van der Waals surface area contributed by atoms with E-state index in [1.54, 1.807) is 19.1 Å². The highest BCUT2D eigenvalue weighted by atomic mass is 16.4. The van der Waals surface area contributed by atoms with Gasteiger partial charge >= 0.3 is 5.97 Å². The lowest BCUT2D eigenvalue weighted by Crippen LogP contribution is -2.00. The summed E-state index contributed by atoms with van der Waals surface area (Å²) in [6, 6.07) is 6.69. The number of nitrogens with zero attached hydrogens (tertiary/aromatic N) is 2. The van der Waals surface area contributed by atoms with Crippen molar-refractivity contribution in [1.82, 2.24) is 4.98 Å². The highest BCUT2D eigenvalue weighted by molar-refractivity contribution is 5.88. The lowest BCUT2D eigenvalue weighted by Gasteiger charge is -2.02. The number of carboxylic acids is 1. The number of furan rings is 1. The SMILES string of the molecule is Cc1oc(CNc2cc(C#N)ccn2)cc1C(=O)O. The van der Waals surface area contributed by atoms with Crippen molar-refractivity contribution in [1.29, 1.82) is 5.26 Å². The number of hydrogen-bond acceptors (Lipinski definition) is 5. The van der Waals surface area contributed by atoms with Crippen molar-refractivity contribution in [2.24, 2.45) is 0 Å². The Kier molecular flexibility index (Phi) is 3.48. The van der Waals surface area contributed by atoms with Crippen LogP contribution in [0.2, 0.25) is 0 Å². The van der Waals surface area contributed by atoms with Gasteiger partial charge in [-0.2, -0.15) is 5.26 Å². The molecule has 0 unspecified atom stereocenters. The molecule has 0 bridgehead atoms. The maximum Gasteiger partial charge on any atom is 0.339 e. The topological polar surface area (TPSA) is 99.2 Å². The van der Waals surface area contributed by atoms with Crippen molar-refractivity contribution in [3.63, 3.8) is 0 Å². The molecule has 19 heavy (non-hydrogen) atoms. The van der Waals surface area contributed by atoms with Gasteiger partial charge in [0.1, 0.15) is 22.9 Å². The van der Waals surface area contributed by atoms with Crippen molar-refractivity contribution >= 4 is 11.8 Å². The average Bonchev–Trinajstić information content (AvgIpc) is 2.78. The molecular formula is C13H11N3O3. The highest BCUT2D eigenvalue weighted by Gasteiger charge is 2.13. The van der Waals surface area contributed by atoms with Crippen LogP contribution >= 0.6 is 0 Å². The second-order valence-electron chi connectivity index (χ2n) is 3.88. The molecule has 0 radical (unpaired) electrons. The van der Waals surface area contributed by atoms with Crippen LogP contribution in [0.15, 0.2) is 28.8 Å². The molecule has 0 saturated heterocycles. The van der Waals surface area contributed by atoms with Gasteiger partial charge in [0.2, 0.25) is 0 Å². The Balaban J connectivity index is 2.08. The minimum absolute atomic E-state index is 0.149. The number of anilines is 1. The van der Waals surface area contributed by atoms with Crippen molar-refractivity contribution in [3.05, 3.63) is 47.0 Å². The second-order valence-corrected chi connectivity index (χ2v) is 3.88. The molecular weight excluding hydrogens is 246 g/mol. The Morgan fingerprint density at radius 1 is 1.58 bits per heavy atom. The van der Waals surface area contributed by atoms with Gasteiger partial charge in [-0.25, -0.2) is 9.78 Å². The number of rotatable bonds is 4. The maximum atomic E-state index is 10.9. The van der Waals surface area contributed by atoms with Crippen LogP contribution in [0.4, 0.5) is 5.82 Å². The molecule has 0 aliphatic carbocycles. The zero-order chi connectivity index (χ0) is 13.8. The van der Waals surface area contributed by atoms with Crippen molar-refractivity contribution in [2.45, 2.75) is 13.5 Å². The van der Waals surface area contributed by atoms with E-state index in [-0.39, 0.29) is 5.56 Å². The fourth-order valence-electron chi connectivity index (χ4n) is 1.62. The predicted molar refractivity (Wildman–Crippen MR) is 66.7 cm³/mol. The summed E-state index contributed by atoms with van der Waals surface area (Å²) in [6.07, 6.45) is 1.52. The molecule has 2 aromatic rings. The first-order valence-corrected chi connectivity index (χ1v) is 5.53. The largest absolute Gasteiger partial charge is 0.478 e. The molecule has 96 valence electrons. The van der Waals surface area contributed by atoms with Crippen molar-refractivity contribution in [2.75, 3.05) is 5.32 Å². The molecule has 2 heterocycles. The zero-order valence-electron chi connectivity index (χ0n) is 10.2. The van der Waals surface area contributed by atoms with Crippen LogP contribution in [0.25, 0.3) is 0 Å². The number of hydrogen-bond donors (Lipinski definition) is 2. The van der Waals surface area contributed by atoms with E-state index in [4.69, 9.17) is 14.8 Å². The summed E-state index contributed by atoms with van der Waals surface area (Å²) in [6.45, 7) is 1.90. The quantitative estimate of drug-likeness (QED) is 0.870. The van der Waals surface area contributed by atoms with Crippen molar-refractivity contribution in [3.8, 4) is 6.07 Å². The number of aromatic nitrogens is 1. The zero-order valence-corrected chi connectivity index (χ0v) is 10.2. The summed E-state index contributed by atoms with van der Waals surface area (Å²) in [5.41, 5.74) is 0.648. The van der Waals surface area contributed by atoms with E-state index in [9.17, 15) is 4.79 Å². The summed E-state index contributed by atoms with van der Waals surface area (Å²) in [4.78, 5) is 14.9. The standard InChI is InChI=1S/C13H11N3O3/c1-8-11(13(17)18)5-10(19-8)7-16-12-4-9(6-14)2-3-15-12/h2-5H,7H2,1H3,(H,15,16)(H,17,18). The third-order valence-corrected chi connectivity index (χ3v) is 2.53. The number of nitriles is 1. The molecule has 6 nitrogen and oxygen atoms in total. The molecule has 0 aromatic carbocycles. The van der Waals surface area contributed by atoms with E-state index in [1.807, 2.05) is 6.07 Å². The van der Waals surface area contributed by atoms with E-state index in [1.165, 1.54) is 12.3 Å². The number of nitrogens with one attached hydrogen (secondary N) is 1. The van der Waals surface area contributed by atoms with Gasteiger partial charge in [0.15, 0.2) is 0 Å². The normalized spacial score (nSPS) is 9.89. The van der Waals surface area contributed by atoms with E-state index >= 15 is 0 Å². The van der Waals surface area contributed by atoms with Gasteiger partial charge in [0, 0.05) is 6.20 Å². The number of pyridine rings is 1. The first-order chi connectivity index (χ1) is 9.10. The number of carboxylic acid groups (broad SMARTS) is 1. The number of carbonyl (C=O) groups is 1. The Morgan fingerprint density at radius 2 is 2.37 bits per heavy atom. The lowest BCUT2D eigenvalue weighted by molar-refractivity contribution is 0.0695. The van der Waals surface area contributed by atoms with Gasteiger partial charge in [0.05, 0.1) is 18.2 Å². The van der Waals surface area contributed by atoms with E-state index in [2.05, 4.69) is 10.3 Å². The van der Waals surface area contributed by atoms with Gasteiger partial charge in [0.25, 0.3) is 0 Å². The van der Waals surface area contributed by atoms with Crippen LogP contribution in [-0.4, -0.2) is 16.1 Å². The molecule has 2 N–H and O–H groups in total. The van der Waals surface area contributed by atoms with Gasteiger partial charge in [-0.05, 0) is 25.1 Å². The number of aromatic carboxylic acids is 1. The molecule has 2 rings (SSSR count). The summed E-state index contributed by atoms with van der Waals surface area (Å²) >= 11 is 0. The van der Waals surface area contributed by atoms with Crippen LogP contribution in [0.3, 0.4) is 0 Å². The first-order valence-electron chi connectivity index (χ1n) is 5.53. The molecule has 0 saturated carbocycles. The fourth-order valence-corrected chi connectivity index (χ4v) is 1.62. The molecule has 0 atom stereocenters. The molecule has 2 aromatic heterocycles. The molecule has 0 amide bonds. The third-order valence-electron chi connectivity index (χ3n) is 2.53. The Morgan fingerprint density at radius 3 is 3.00 bits per heavy atom. The molecule has 0 spiro atoms. The predicted octanol–water partition coefficient (Wildman–Crippen LogP) is 2.16. The minimum atomic E-state index is -1.02. The number of aryl methyl sites for hydroxylation is 1. The third kappa shape index (κ3) is 2.90. The minimum Gasteiger partial charge on any atom is -0.478 e. The highest BCUT2D eigenvalue weighted by Crippen LogP contribution is 2.16. The van der Waals surface area contributed by atoms with Crippen LogP contribution in [0.5, 0.6) is 0 Å². The van der Waals surface area contributed by atoms with Crippen LogP contribution in [-0.2, 0) is 6.54 Å². The maximum absolute atomic E-state index is 10.9. The van der Waals surface area contributed by atoms with Crippen LogP contribution < -0.4 is 5.32 Å². The Hall–Kier alpha value is -2.81. The van der Waals surface area contributed by atoms with Gasteiger partial charge in [-0.3, -0.25) is 0 Å². The summed E-state index contributed by atoms with van der Waals surface area (Å²) in [5, 5.41) is 20.6. The monoisotopic (exact) mass is 257 g/mol. The molecule has 0 aliphatic heterocycles. The van der Waals surface area contributed by atoms with Gasteiger partial charge in [-0.1, -0.05) is 0 Å². The van der Waals surface area contributed by atoms with E-state index in [0.717, 1.165) is 0 Å². The molecule has 0 aliphatic rings. The Bertz CT molecular complexity index is 655. The van der Waals surface area contributed by atoms with Crippen LogP contribution in [0.1, 0.15) is 27.4 Å². The molecule has 6 heteroatoms. The van der Waals surface area contributed by atoms with E-state index in [0.29, 0.717) is 29.4 Å². The summed E-state index contributed by atoms with van der Waals surface area (Å²) in [5.74, 6) is 0.379. The van der Waals surface area contributed by atoms with Crippen LogP contribution in [0, 0.1) is 18.3 Å². The fraction of sp³-hybridized carbons (Fsp3) is 0.154. The van der Waals surface area contributed by atoms with Crippen molar-refractivity contribution < 1.29 is 14.3 Å². The summed E-state index contributed by atoms with van der Waals surface area (Å²) in [7, 11) is 0. The lowest BCUT2D eigenvalue weighted by atomic mass is 10.2. The summed E-state index contributed by atoms with van der Waals surface area (Å²) < 4.78 is 5.32. The van der Waals surface area contributed by atoms with Gasteiger partial charge < -0.3 is 14.8 Å². The molecule has 0 fully saturated rings. The van der Waals surface area contributed by atoms with Gasteiger partial charge in [-0.15, -0.1) is 0 Å². The smallest absolute Gasteiger partial charge is 0.339 e. The van der Waals surface area contributed by atoms with E-state index < -0.39 is 5.97 Å². The second kappa shape index (κ2) is 5.23.